The number of halogens is 3. The summed E-state index contributed by atoms with van der Waals surface area (Å²) in [6.07, 6.45) is -4.41. The Labute approximate surface area is 151 Å². The van der Waals surface area contributed by atoms with Crippen molar-refractivity contribution in [1.82, 2.24) is 5.32 Å². The standard InChI is InChI=1S/C20H22F3NO2/c1-19(2,3)15-9-7-14(8-10-15)18(25)24-11-12-26-17-6-4-5-16(13-17)20(21,22)23/h4-10,13H,11-12H2,1-3H3,(H,24,25). The van der Waals surface area contributed by atoms with Gasteiger partial charge in [-0.2, -0.15) is 13.2 Å². The van der Waals surface area contributed by atoms with Gasteiger partial charge in [-0.3, -0.25) is 4.79 Å². The number of hydrogen-bond donors (Lipinski definition) is 1. The molecule has 0 aromatic heterocycles. The summed E-state index contributed by atoms with van der Waals surface area (Å²) >= 11 is 0. The minimum Gasteiger partial charge on any atom is -0.492 e. The van der Waals surface area contributed by atoms with Crippen LogP contribution >= 0.6 is 0 Å². The van der Waals surface area contributed by atoms with Crippen molar-refractivity contribution in [3.8, 4) is 5.75 Å². The highest BCUT2D eigenvalue weighted by Gasteiger charge is 2.30. The first-order valence-corrected chi connectivity index (χ1v) is 8.26. The van der Waals surface area contributed by atoms with Crippen LogP contribution in [-0.4, -0.2) is 19.1 Å². The molecule has 0 aliphatic heterocycles. The third-order valence-electron chi connectivity index (χ3n) is 3.83. The molecule has 1 amide bonds. The Morgan fingerprint density at radius 2 is 1.65 bits per heavy atom. The lowest BCUT2D eigenvalue weighted by Crippen LogP contribution is -2.28. The second kappa shape index (κ2) is 7.81. The summed E-state index contributed by atoms with van der Waals surface area (Å²) in [4.78, 5) is 12.1. The van der Waals surface area contributed by atoms with Gasteiger partial charge in [0.25, 0.3) is 5.91 Å². The van der Waals surface area contributed by atoms with Crippen LogP contribution in [-0.2, 0) is 11.6 Å². The summed E-state index contributed by atoms with van der Waals surface area (Å²) in [5.74, 6) is -0.137. The van der Waals surface area contributed by atoms with E-state index in [0.717, 1.165) is 17.7 Å². The fourth-order valence-electron chi connectivity index (χ4n) is 2.32. The summed E-state index contributed by atoms with van der Waals surface area (Å²) in [7, 11) is 0. The SMILES string of the molecule is CC(C)(C)c1ccc(C(=O)NCCOc2cccc(C(F)(F)F)c2)cc1. The van der Waals surface area contributed by atoms with Crippen molar-refractivity contribution in [2.24, 2.45) is 0 Å². The van der Waals surface area contributed by atoms with Crippen LogP contribution in [0, 0.1) is 0 Å². The van der Waals surface area contributed by atoms with E-state index in [0.29, 0.717) is 5.56 Å². The van der Waals surface area contributed by atoms with Crippen molar-refractivity contribution >= 4 is 5.91 Å². The number of alkyl halides is 3. The monoisotopic (exact) mass is 365 g/mol. The Bertz CT molecular complexity index is 747. The predicted molar refractivity (Wildman–Crippen MR) is 94.4 cm³/mol. The third kappa shape index (κ3) is 5.51. The van der Waals surface area contributed by atoms with Crippen molar-refractivity contribution in [2.75, 3.05) is 13.2 Å². The highest BCUT2D eigenvalue weighted by Crippen LogP contribution is 2.31. The molecule has 0 saturated carbocycles. The first kappa shape index (κ1) is 19.8. The molecule has 0 heterocycles. The average Bonchev–Trinajstić information content (AvgIpc) is 2.57. The van der Waals surface area contributed by atoms with Gasteiger partial charge in [-0.05, 0) is 41.3 Å². The van der Waals surface area contributed by atoms with Crippen molar-refractivity contribution < 1.29 is 22.7 Å². The van der Waals surface area contributed by atoms with E-state index in [1.807, 2.05) is 12.1 Å². The van der Waals surface area contributed by atoms with E-state index in [-0.39, 0.29) is 30.2 Å². The Hall–Kier alpha value is -2.50. The van der Waals surface area contributed by atoms with Crippen molar-refractivity contribution in [3.63, 3.8) is 0 Å². The maximum Gasteiger partial charge on any atom is 0.416 e. The summed E-state index contributed by atoms with van der Waals surface area (Å²) < 4.78 is 43.2. The molecule has 0 saturated heterocycles. The van der Waals surface area contributed by atoms with Crippen molar-refractivity contribution in [1.29, 1.82) is 0 Å². The molecule has 1 N–H and O–H groups in total. The van der Waals surface area contributed by atoms with E-state index >= 15 is 0 Å². The Morgan fingerprint density at radius 1 is 1.00 bits per heavy atom. The Kier molecular flexibility index (Phi) is 5.95. The molecule has 0 bridgehead atoms. The fourth-order valence-corrected chi connectivity index (χ4v) is 2.32. The quantitative estimate of drug-likeness (QED) is 0.772. The number of rotatable bonds is 5. The zero-order valence-corrected chi connectivity index (χ0v) is 15.0. The van der Waals surface area contributed by atoms with Crippen LogP contribution in [0.2, 0.25) is 0 Å². The molecule has 0 radical (unpaired) electrons. The van der Waals surface area contributed by atoms with Crippen LogP contribution in [0.4, 0.5) is 13.2 Å². The number of hydrogen-bond acceptors (Lipinski definition) is 2. The van der Waals surface area contributed by atoms with Crippen LogP contribution in [0.15, 0.2) is 48.5 Å². The average molecular weight is 365 g/mol. The third-order valence-corrected chi connectivity index (χ3v) is 3.83. The van der Waals surface area contributed by atoms with Crippen LogP contribution in [0.3, 0.4) is 0 Å². The van der Waals surface area contributed by atoms with Gasteiger partial charge in [0.05, 0.1) is 12.1 Å². The second-order valence-electron chi connectivity index (χ2n) is 6.96. The number of carbonyl (C=O) groups is 1. The number of ether oxygens (including phenoxy) is 1. The molecule has 26 heavy (non-hydrogen) atoms. The number of benzene rings is 2. The Morgan fingerprint density at radius 3 is 2.23 bits per heavy atom. The van der Waals surface area contributed by atoms with Gasteiger partial charge in [0.2, 0.25) is 0 Å². The highest BCUT2D eigenvalue weighted by molar-refractivity contribution is 5.94. The predicted octanol–water partition coefficient (Wildman–Crippen LogP) is 4.81. The summed E-state index contributed by atoms with van der Waals surface area (Å²) in [6, 6.07) is 12.0. The molecular weight excluding hydrogens is 343 g/mol. The van der Waals surface area contributed by atoms with E-state index in [1.165, 1.54) is 12.1 Å². The molecular formula is C20H22F3NO2. The molecule has 0 aliphatic carbocycles. The minimum absolute atomic E-state index is 0.00774. The van der Waals surface area contributed by atoms with E-state index in [4.69, 9.17) is 4.74 Å². The fraction of sp³-hybridized carbons (Fsp3) is 0.350. The van der Waals surface area contributed by atoms with Gasteiger partial charge < -0.3 is 10.1 Å². The van der Waals surface area contributed by atoms with Gasteiger partial charge in [0.1, 0.15) is 12.4 Å². The molecule has 2 rings (SSSR count). The normalized spacial score (nSPS) is 11.9. The van der Waals surface area contributed by atoms with Crippen LogP contribution in [0.1, 0.15) is 42.3 Å². The number of nitrogens with one attached hydrogen (secondary N) is 1. The highest BCUT2D eigenvalue weighted by atomic mass is 19.4. The van der Waals surface area contributed by atoms with E-state index in [9.17, 15) is 18.0 Å². The van der Waals surface area contributed by atoms with Gasteiger partial charge in [0, 0.05) is 5.56 Å². The van der Waals surface area contributed by atoms with Crippen LogP contribution in [0.5, 0.6) is 5.75 Å². The maximum absolute atomic E-state index is 12.6. The van der Waals surface area contributed by atoms with Gasteiger partial charge in [-0.25, -0.2) is 0 Å². The lowest BCUT2D eigenvalue weighted by molar-refractivity contribution is -0.137. The topological polar surface area (TPSA) is 38.3 Å². The molecule has 0 spiro atoms. The van der Waals surface area contributed by atoms with Gasteiger partial charge in [0.15, 0.2) is 0 Å². The summed E-state index contributed by atoms with van der Waals surface area (Å²) in [6.45, 7) is 6.54. The Balaban J connectivity index is 1.84. The molecule has 140 valence electrons. The molecule has 2 aromatic carbocycles. The smallest absolute Gasteiger partial charge is 0.416 e. The molecule has 0 unspecified atom stereocenters. The van der Waals surface area contributed by atoms with Gasteiger partial charge >= 0.3 is 6.18 Å². The zero-order chi connectivity index (χ0) is 19.4. The maximum atomic E-state index is 12.6. The summed E-state index contributed by atoms with van der Waals surface area (Å²) in [5, 5.41) is 2.69. The lowest BCUT2D eigenvalue weighted by atomic mass is 9.87. The van der Waals surface area contributed by atoms with Crippen LogP contribution < -0.4 is 10.1 Å². The molecule has 2 aromatic rings. The first-order chi connectivity index (χ1) is 12.1. The van der Waals surface area contributed by atoms with Gasteiger partial charge in [-0.1, -0.05) is 39.0 Å². The molecule has 6 heteroatoms. The zero-order valence-electron chi connectivity index (χ0n) is 15.0. The molecule has 0 fully saturated rings. The molecule has 3 nitrogen and oxygen atoms in total. The number of amides is 1. The van der Waals surface area contributed by atoms with Crippen molar-refractivity contribution in [2.45, 2.75) is 32.4 Å². The lowest BCUT2D eigenvalue weighted by Gasteiger charge is -2.19. The van der Waals surface area contributed by atoms with Crippen LogP contribution in [0.25, 0.3) is 0 Å². The van der Waals surface area contributed by atoms with E-state index in [2.05, 4.69) is 26.1 Å². The van der Waals surface area contributed by atoms with Gasteiger partial charge in [-0.15, -0.1) is 0 Å². The first-order valence-electron chi connectivity index (χ1n) is 8.26. The summed E-state index contributed by atoms with van der Waals surface area (Å²) in [5.41, 5.74) is 0.894. The minimum atomic E-state index is -4.41. The largest absolute Gasteiger partial charge is 0.492 e. The molecule has 0 aliphatic rings. The number of carbonyl (C=O) groups excluding carboxylic acids is 1. The van der Waals surface area contributed by atoms with E-state index < -0.39 is 11.7 Å². The van der Waals surface area contributed by atoms with Crippen molar-refractivity contribution in [3.05, 3.63) is 65.2 Å². The molecule has 0 atom stereocenters. The van der Waals surface area contributed by atoms with E-state index in [1.54, 1.807) is 12.1 Å². The second-order valence-corrected chi connectivity index (χ2v) is 6.96.